The molecule has 5 heteroatoms. The van der Waals surface area contributed by atoms with Crippen molar-refractivity contribution in [3.63, 3.8) is 0 Å². The number of amides is 1. The first-order valence-corrected chi connectivity index (χ1v) is 7.52. The predicted molar refractivity (Wildman–Crippen MR) is 85.8 cm³/mol. The summed E-state index contributed by atoms with van der Waals surface area (Å²) in [4.78, 5) is 23.9. The summed E-state index contributed by atoms with van der Waals surface area (Å²) in [6.07, 6.45) is 1.83. The summed E-state index contributed by atoms with van der Waals surface area (Å²) in [5.74, 6) is -0.270. The third kappa shape index (κ3) is 4.04. The van der Waals surface area contributed by atoms with Crippen LogP contribution in [0.5, 0.6) is 0 Å². The number of carbonyl (C=O) groups is 1. The maximum Gasteiger partial charge on any atom is 0.271 e. The molecule has 1 aromatic carbocycles. The van der Waals surface area contributed by atoms with Gasteiger partial charge in [0.05, 0.1) is 0 Å². The minimum absolute atomic E-state index is 0.177. The molecule has 2 aromatic rings. The van der Waals surface area contributed by atoms with Gasteiger partial charge in [0, 0.05) is 19.2 Å². The van der Waals surface area contributed by atoms with E-state index in [0.717, 1.165) is 24.0 Å². The van der Waals surface area contributed by atoms with Gasteiger partial charge in [0.1, 0.15) is 5.69 Å². The van der Waals surface area contributed by atoms with Crippen molar-refractivity contribution in [2.24, 2.45) is 0 Å². The fraction of sp³-hybridized carbons (Fsp3) is 0.353. The Morgan fingerprint density at radius 2 is 2.00 bits per heavy atom. The number of nitrogens with one attached hydrogen (secondary N) is 1. The van der Waals surface area contributed by atoms with Crippen molar-refractivity contribution in [3.05, 3.63) is 63.6 Å². The second-order valence-electron chi connectivity index (χ2n) is 5.24. The number of hydrogen-bond donors (Lipinski definition) is 1. The van der Waals surface area contributed by atoms with E-state index in [9.17, 15) is 9.59 Å². The molecule has 0 saturated heterocycles. The maximum atomic E-state index is 12.2. The molecular formula is C17H21N3O2. The van der Waals surface area contributed by atoms with Gasteiger partial charge in [0.15, 0.2) is 0 Å². The average molecular weight is 299 g/mol. The second-order valence-corrected chi connectivity index (χ2v) is 5.24. The Balaban J connectivity index is 2.06. The lowest BCUT2D eigenvalue weighted by Gasteiger charge is -2.09. The van der Waals surface area contributed by atoms with Gasteiger partial charge in [-0.05, 0) is 30.5 Å². The van der Waals surface area contributed by atoms with Gasteiger partial charge in [0.25, 0.3) is 11.5 Å². The molecule has 1 N–H and O–H groups in total. The van der Waals surface area contributed by atoms with Crippen molar-refractivity contribution < 1.29 is 4.79 Å². The molecule has 0 spiro atoms. The fourth-order valence-corrected chi connectivity index (χ4v) is 2.11. The lowest BCUT2D eigenvalue weighted by molar-refractivity contribution is 0.0943. The molecule has 1 aromatic heterocycles. The number of aromatic nitrogens is 2. The molecule has 1 heterocycles. The van der Waals surface area contributed by atoms with Crippen LogP contribution >= 0.6 is 0 Å². The van der Waals surface area contributed by atoms with Crippen molar-refractivity contribution in [2.45, 2.75) is 39.8 Å². The van der Waals surface area contributed by atoms with Crippen molar-refractivity contribution in [2.75, 3.05) is 0 Å². The van der Waals surface area contributed by atoms with Gasteiger partial charge in [-0.15, -0.1) is 0 Å². The molecule has 0 aliphatic carbocycles. The predicted octanol–water partition coefficient (Wildman–Crippen LogP) is 2.28. The minimum atomic E-state index is -0.270. The summed E-state index contributed by atoms with van der Waals surface area (Å²) in [5, 5.41) is 6.98. The number of nitrogens with zero attached hydrogens (tertiary/aromatic N) is 2. The molecule has 0 fully saturated rings. The third-order valence-corrected chi connectivity index (χ3v) is 3.52. The van der Waals surface area contributed by atoms with E-state index in [1.807, 2.05) is 38.1 Å². The van der Waals surface area contributed by atoms with Crippen molar-refractivity contribution in [3.8, 4) is 0 Å². The first-order chi connectivity index (χ1) is 10.6. The zero-order valence-corrected chi connectivity index (χ0v) is 13.0. The van der Waals surface area contributed by atoms with Crippen LogP contribution < -0.4 is 10.9 Å². The highest BCUT2D eigenvalue weighted by Gasteiger charge is 2.09. The zero-order valence-electron chi connectivity index (χ0n) is 13.0. The molecule has 1 amide bonds. The Bertz CT molecular complexity index is 707. The molecule has 0 radical (unpaired) electrons. The van der Waals surface area contributed by atoms with Crippen LogP contribution in [0, 0.1) is 6.92 Å². The molecule has 116 valence electrons. The SMILES string of the molecule is CCCCn1nc(C(=O)NCc2ccccc2C)ccc1=O. The first kappa shape index (κ1) is 15.9. The highest BCUT2D eigenvalue weighted by Crippen LogP contribution is 2.06. The van der Waals surface area contributed by atoms with Gasteiger partial charge in [-0.3, -0.25) is 9.59 Å². The molecule has 0 aliphatic rings. The molecule has 5 nitrogen and oxygen atoms in total. The molecule has 0 bridgehead atoms. The lowest BCUT2D eigenvalue weighted by atomic mass is 10.1. The van der Waals surface area contributed by atoms with Gasteiger partial charge in [-0.2, -0.15) is 5.10 Å². The van der Waals surface area contributed by atoms with E-state index in [4.69, 9.17) is 0 Å². The van der Waals surface area contributed by atoms with E-state index >= 15 is 0 Å². The molecule has 22 heavy (non-hydrogen) atoms. The summed E-state index contributed by atoms with van der Waals surface area (Å²) in [6, 6.07) is 10.8. The molecular weight excluding hydrogens is 278 g/mol. The monoisotopic (exact) mass is 299 g/mol. The number of unbranched alkanes of at least 4 members (excludes halogenated alkanes) is 1. The summed E-state index contributed by atoms with van der Waals surface area (Å²) in [7, 11) is 0. The van der Waals surface area contributed by atoms with Gasteiger partial charge in [-0.1, -0.05) is 37.6 Å². The van der Waals surface area contributed by atoms with Crippen molar-refractivity contribution >= 4 is 5.91 Å². The number of hydrogen-bond acceptors (Lipinski definition) is 3. The van der Waals surface area contributed by atoms with Crippen LogP contribution in [0.15, 0.2) is 41.2 Å². The van der Waals surface area contributed by atoms with Crippen LogP contribution in [0.1, 0.15) is 41.4 Å². The number of benzene rings is 1. The normalized spacial score (nSPS) is 10.5. The molecule has 0 atom stereocenters. The first-order valence-electron chi connectivity index (χ1n) is 7.52. The molecule has 2 rings (SSSR count). The van der Waals surface area contributed by atoms with Crippen molar-refractivity contribution in [1.29, 1.82) is 0 Å². The van der Waals surface area contributed by atoms with E-state index < -0.39 is 0 Å². The number of rotatable bonds is 6. The van der Waals surface area contributed by atoms with Crippen LogP contribution in [0.25, 0.3) is 0 Å². The number of carbonyl (C=O) groups excluding carboxylic acids is 1. The van der Waals surface area contributed by atoms with Crippen LogP contribution in [0.2, 0.25) is 0 Å². The summed E-state index contributed by atoms with van der Waals surface area (Å²) < 4.78 is 1.35. The maximum absolute atomic E-state index is 12.2. The molecule has 0 saturated carbocycles. The van der Waals surface area contributed by atoms with Crippen LogP contribution in [-0.2, 0) is 13.1 Å². The molecule has 0 aliphatic heterocycles. The van der Waals surface area contributed by atoms with E-state index in [1.165, 1.54) is 16.8 Å². The third-order valence-electron chi connectivity index (χ3n) is 3.52. The number of aryl methyl sites for hydroxylation is 2. The van der Waals surface area contributed by atoms with E-state index in [0.29, 0.717) is 13.1 Å². The fourth-order valence-electron chi connectivity index (χ4n) is 2.11. The smallest absolute Gasteiger partial charge is 0.271 e. The quantitative estimate of drug-likeness (QED) is 0.890. The zero-order chi connectivity index (χ0) is 15.9. The Labute approximate surface area is 130 Å². The average Bonchev–Trinajstić information content (AvgIpc) is 2.53. The van der Waals surface area contributed by atoms with Crippen LogP contribution in [0.3, 0.4) is 0 Å². The summed E-state index contributed by atoms with van der Waals surface area (Å²) in [5.41, 5.74) is 2.28. The van der Waals surface area contributed by atoms with Gasteiger partial charge in [0.2, 0.25) is 0 Å². The lowest BCUT2D eigenvalue weighted by Crippen LogP contribution is -2.29. The van der Waals surface area contributed by atoms with Crippen LogP contribution in [0.4, 0.5) is 0 Å². The Morgan fingerprint density at radius 1 is 1.23 bits per heavy atom. The minimum Gasteiger partial charge on any atom is -0.347 e. The summed E-state index contributed by atoms with van der Waals surface area (Å²) >= 11 is 0. The van der Waals surface area contributed by atoms with E-state index in [1.54, 1.807) is 0 Å². The van der Waals surface area contributed by atoms with Gasteiger partial charge < -0.3 is 5.32 Å². The standard InChI is InChI=1S/C17H21N3O2/c1-3-4-11-20-16(21)10-9-15(19-20)17(22)18-12-14-8-6-5-7-13(14)2/h5-10H,3-4,11-12H2,1-2H3,(H,18,22). The van der Waals surface area contributed by atoms with Gasteiger partial charge in [-0.25, -0.2) is 4.68 Å². The molecule has 0 unspecified atom stereocenters. The Morgan fingerprint density at radius 3 is 2.73 bits per heavy atom. The Kier molecular flexibility index (Phi) is 5.47. The van der Waals surface area contributed by atoms with E-state index in [2.05, 4.69) is 10.4 Å². The van der Waals surface area contributed by atoms with Gasteiger partial charge >= 0.3 is 0 Å². The highest BCUT2D eigenvalue weighted by molar-refractivity contribution is 5.91. The second kappa shape index (κ2) is 7.54. The highest BCUT2D eigenvalue weighted by atomic mass is 16.2. The Hall–Kier alpha value is -2.43. The largest absolute Gasteiger partial charge is 0.347 e. The van der Waals surface area contributed by atoms with E-state index in [-0.39, 0.29) is 17.2 Å². The van der Waals surface area contributed by atoms with Crippen LogP contribution in [-0.4, -0.2) is 15.7 Å². The van der Waals surface area contributed by atoms with Crippen molar-refractivity contribution in [1.82, 2.24) is 15.1 Å². The summed E-state index contributed by atoms with van der Waals surface area (Å²) in [6.45, 7) is 5.03. The topological polar surface area (TPSA) is 64.0 Å².